The molecule has 8 heteroatoms. The summed E-state index contributed by atoms with van der Waals surface area (Å²) < 4.78 is 13.6. The van der Waals surface area contributed by atoms with Gasteiger partial charge in [0.15, 0.2) is 4.32 Å². The van der Waals surface area contributed by atoms with Gasteiger partial charge in [0.1, 0.15) is 5.82 Å². The summed E-state index contributed by atoms with van der Waals surface area (Å²) >= 11 is 6.54. The minimum atomic E-state index is -0.394. The van der Waals surface area contributed by atoms with E-state index >= 15 is 0 Å². The Balaban J connectivity index is 1.77. The smallest absolute Gasteiger partial charge is 0.271 e. The molecular weight excluding hydrogens is 421 g/mol. The van der Waals surface area contributed by atoms with E-state index in [1.165, 1.54) is 29.2 Å². The third-order valence-corrected chi connectivity index (χ3v) is 6.61. The zero-order chi connectivity index (χ0) is 21.4. The number of halogens is 1. The van der Waals surface area contributed by atoms with E-state index < -0.39 is 5.82 Å². The van der Waals surface area contributed by atoms with Gasteiger partial charge in [-0.3, -0.25) is 24.3 Å². The summed E-state index contributed by atoms with van der Waals surface area (Å²) in [6.45, 7) is 6.16. The van der Waals surface area contributed by atoms with Gasteiger partial charge in [-0.2, -0.15) is 0 Å². The van der Waals surface area contributed by atoms with Crippen molar-refractivity contribution in [3.63, 3.8) is 0 Å². The van der Waals surface area contributed by atoms with Crippen molar-refractivity contribution >= 4 is 57.1 Å². The van der Waals surface area contributed by atoms with E-state index in [1.807, 2.05) is 38.1 Å². The number of nitrogens with zero attached hydrogens (tertiary/aromatic N) is 3. The molecule has 0 aliphatic carbocycles. The predicted octanol–water partition coefficient (Wildman–Crippen LogP) is 4.25. The Kier molecular flexibility index (Phi) is 5.73. The second-order valence-corrected chi connectivity index (χ2v) is 8.53. The molecule has 5 nitrogen and oxygen atoms in total. The Morgan fingerprint density at radius 3 is 2.33 bits per heavy atom. The van der Waals surface area contributed by atoms with E-state index in [1.54, 1.807) is 4.90 Å². The minimum Gasteiger partial charge on any atom is -0.294 e. The highest BCUT2D eigenvalue weighted by atomic mass is 32.2. The van der Waals surface area contributed by atoms with Crippen LogP contribution in [0.2, 0.25) is 0 Å². The maximum Gasteiger partial charge on any atom is 0.271 e. The van der Waals surface area contributed by atoms with Crippen molar-refractivity contribution < 1.29 is 14.0 Å². The molecule has 2 aliphatic heterocycles. The molecule has 2 amide bonds. The zero-order valence-electron chi connectivity index (χ0n) is 16.6. The third kappa shape index (κ3) is 3.45. The summed E-state index contributed by atoms with van der Waals surface area (Å²) in [5.74, 6) is -0.961. The third-order valence-electron chi connectivity index (χ3n) is 5.24. The first kappa shape index (κ1) is 20.7. The summed E-state index contributed by atoms with van der Waals surface area (Å²) in [5.41, 5.74) is 2.37. The predicted molar refractivity (Wildman–Crippen MR) is 123 cm³/mol. The fraction of sp³-hybridized carbons (Fsp3) is 0.227. The standard InChI is InChI=1S/C22H20FN3O2S2/c1-3-24(4-2)13-25-17-8-6-5-7-16(17)18(20(25)27)19-21(28)26(22(29)30-19)15-11-9-14(23)10-12-15/h5-12H,3-4,13H2,1-2H3/b19-18-. The van der Waals surface area contributed by atoms with Crippen molar-refractivity contribution in [1.29, 1.82) is 0 Å². The highest BCUT2D eigenvalue weighted by Gasteiger charge is 2.42. The summed E-state index contributed by atoms with van der Waals surface area (Å²) in [6, 6.07) is 13.1. The molecule has 0 N–H and O–H groups in total. The van der Waals surface area contributed by atoms with Crippen molar-refractivity contribution in [1.82, 2.24) is 4.90 Å². The summed E-state index contributed by atoms with van der Waals surface area (Å²) in [4.78, 5) is 32.2. The van der Waals surface area contributed by atoms with Crippen LogP contribution in [-0.4, -0.2) is 40.8 Å². The fourth-order valence-electron chi connectivity index (χ4n) is 3.60. The molecule has 0 atom stereocenters. The van der Waals surface area contributed by atoms with Crippen LogP contribution in [0.15, 0.2) is 53.4 Å². The second-order valence-electron chi connectivity index (χ2n) is 6.88. The van der Waals surface area contributed by atoms with Gasteiger partial charge in [-0.1, -0.05) is 56.0 Å². The number of anilines is 2. The molecule has 30 heavy (non-hydrogen) atoms. The van der Waals surface area contributed by atoms with Crippen LogP contribution in [0.1, 0.15) is 19.4 Å². The highest BCUT2D eigenvalue weighted by molar-refractivity contribution is 8.27. The molecule has 0 aromatic heterocycles. The van der Waals surface area contributed by atoms with Crippen molar-refractivity contribution in [2.45, 2.75) is 13.8 Å². The molecule has 1 fully saturated rings. The molecule has 0 unspecified atom stereocenters. The Morgan fingerprint density at radius 2 is 1.67 bits per heavy atom. The molecule has 2 aromatic carbocycles. The molecular formula is C22H20FN3O2S2. The van der Waals surface area contributed by atoms with E-state index in [4.69, 9.17) is 12.2 Å². The van der Waals surface area contributed by atoms with E-state index in [0.29, 0.717) is 27.2 Å². The quantitative estimate of drug-likeness (QED) is 0.513. The average Bonchev–Trinajstić information content (AvgIpc) is 3.19. The number of para-hydroxylation sites is 1. The van der Waals surface area contributed by atoms with Crippen molar-refractivity contribution in [2.75, 3.05) is 29.6 Å². The maximum atomic E-state index is 13.4. The fourth-order valence-corrected chi connectivity index (χ4v) is 4.97. The molecule has 0 radical (unpaired) electrons. The van der Waals surface area contributed by atoms with E-state index in [9.17, 15) is 14.0 Å². The average molecular weight is 442 g/mol. The first-order valence-corrected chi connectivity index (χ1v) is 10.9. The Hall–Kier alpha value is -2.55. The summed E-state index contributed by atoms with van der Waals surface area (Å²) in [5, 5.41) is 0. The van der Waals surface area contributed by atoms with Crippen LogP contribution in [-0.2, 0) is 9.59 Å². The van der Waals surface area contributed by atoms with Crippen LogP contribution in [0.4, 0.5) is 15.8 Å². The lowest BCUT2D eigenvalue weighted by atomic mass is 10.1. The van der Waals surface area contributed by atoms with Crippen LogP contribution >= 0.6 is 24.0 Å². The van der Waals surface area contributed by atoms with Gasteiger partial charge < -0.3 is 0 Å². The van der Waals surface area contributed by atoms with Crippen LogP contribution in [0.25, 0.3) is 5.57 Å². The Morgan fingerprint density at radius 1 is 1.00 bits per heavy atom. The van der Waals surface area contributed by atoms with Crippen LogP contribution < -0.4 is 9.80 Å². The number of hydrogen-bond acceptors (Lipinski definition) is 5. The molecule has 0 saturated carbocycles. The lowest BCUT2D eigenvalue weighted by molar-refractivity contribution is -0.115. The number of benzene rings is 2. The van der Waals surface area contributed by atoms with Gasteiger partial charge >= 0.3 is 0 Å². The van der Waals surface area contributed by atoms with Gasteiger partial charge in [-0.05, 0) is 43.4 Å². The van der Waals surface area contributed by atoms with E-state index in [2.05, 4.69) is 4.90 Å². The second kappa shape index (κ2) is 8.29. The lowest BCUT2D eigenvalue weighted by Crippen LogP contribution is -2.39. The van der Waals surface area contributed by atoms with Gasteiger partial charge in [-0.25, -0.2) is 4.39 Å². The molecule has 1 saturated heterocycles. The van der Waals surface area contributed by atoms with Gasteiger partial charge in [-0.15, -0.1) is 0 Å². The lowest BCUT2D eigenvalue weighted by Gasteiger charge is -2.25. The number of hydrogen-bond donors (Lipinski definition) is 0. The molecule has 2 heterocycles. The normalized spacial score (nSPS) is 18.7. The SMILES string of the molecule is CCN(CC)CN1C(=O)/C(=C2\SC(=S)N(c3ccc(F)cc3)C2=O)c2ccccc21. The first-order valence-electron chi connectivity index (χ1n) is 9.66. The van der Waals surface area contributed by atoms with Gasteiger partial charge in [0, 0.05) is 5.56 Å². The summed E-state index contributed by atoms with van der Waals surface area (Å²) in [7, 11) is 0. The minimum absolute atomic E-state index is 0.206. The molecule has 2 aliphatic rings. The van der Waals surface area contributed by atoms with Crippen molar-refractivity contribution in [2.24, 2.45) is 0 Å². The largest absolute Gasteiger partial charge is 0.294 e. The molecule has 2 aromatic rings. The molecule has 154 valence electrons. The molecule has 0 bridgehead atoms. The number of rotatable bonds is 5. The van der Waals surface area contributed by atoms with Gasteiger partial charge in [0.05, 0.1) is 28.5 Å². The monoisotopic (exact) mass is 441 g/mol. The number of amides is 2. The summed E-state index contributed by atoms with van der Waals surface area (Å²) in [6.07, 6.45) is 0. The topological polar surface area (TPSA) is 43.9 Å². The number of carbonyl (C=O) groups excluding carboxylic acids is 2. The highest BCUT2D eigenvalue weighted by Crippen LogP contribution is 2.45. The van der Waals surface area contributed by atoms with Crippen molar-refractivity contribution in [3.8, 4) is 0 Å². The van der Waals surface area contributed by atoms with Crippen LogP contribution in [0.3, 0.4) is 0 Å². The number of thiocarbonyl (C=S) groups is 1. The zero-order valence-corrected chi connectivity index (χ0v) is 18.2. The number of thioether (sulfide) groups is 1. The van der Waals surface area contributed by atoms with Crippen LogP contribution in [0, 0.1) is 5.82 Å². The Labute approximate surface area is 184 Å². The molecule has 4 rings (SSSR count). The van der Waals surface area contributed by atoms with E-state index in [-0.39, 0.29) is 11.8 Å². The maximum absolute atomic E-state index is 13.4. The van der Waals surface area contributed by atoms with Crippen molar-refractivity contribution in [3.05, 3.63) is 64.8 Å². The van der Waals surface area contributed by atoms with Gasteiger partial charge in [0.2, 0.25) is 0 Å². The Bertz CT molecular complexity index is 1060. The van der Waals surface area contributed by atoms with Crippen LogP contribution in [0.5, 0.6) is 0 Å². The van der Waals surface area contributed by atoms with E-state index in [0.717, 1.165) is 36.1 Å². The first-order chi connectivity index (χ1) is 14.5. The number of carbonyl (C=O) groups is 2. The van der Waals surface area contributed by atoms with Gasteiger partial charge in [0.25, 0.3) is 11.8 Å². The number of fused-ring (bicyclic) bond motifs is 1. The molecule has 0 spiro atoms.